The fourth-order valence-electron chi connectivity index (χ4n) is 1.94. The van der Waals surface area contributed by atoms with Crippen LogP contribution >= 0.6 is 0 Å². The summed E-state index contributed by atoms with van der Waals surface area (Å²) in [6, 6.07) is 18.3. The SMILES string of the molecule is FC(F)(F)/C=C/C(c1ccccc1)c1ccccc1. The molecular weight excluding hydrogens is 249 g/mol. The Labute approximate surface area is 110 Å². The van der Waals surface area contributed by atoms with E-state index in [1.54, 1.807) is 0 Å². The monoisotopic (exact) mass is 262 g/mol. The van der Waals surface area contributed by atoms with Crippen molar-refractivity contribution in [2.24, 2.45) is 0 Å². The molecule has 0 aliphatic rings. The van der Waals surface area contributed by atoms with Crippen molar-refractivity contribution < 1.29 is 13.2 Å². The van der Waals surface area contributed by atoms with Crippen molar-refractivity contribution in [1.29, 1.82) is 0 Å². The lowest BCUT2D eigenvalue weighted by atomic mass is 9.91. The Bertz CT molecular complexity index is 487. The number of allylic oxidation sites excluding steroid dienone is 2. The van der Waals surface area contributed by atoms with Crippen LogP contribution in [0.3, 0.4) is 0 Å². The molecule has 0 atom stereocenters. The summed E-state index contributed by atoms with van der Waals surface area (Å²) in [7, 11) is 0. The average molecular weight is 262 g/mol. The summed E-state index contributed by atoms with van der Waals surface area (Å²) in [4.78, 5) is 0. The summed E-state index contributed by atoms with van der Waals surface area (Å²) in [6.07, 6.45) is -2.79. The van der Waals surface area contributed by atoms with E-state index in [2.05, 4.69) is 0 Å². The third-order valence-corrected chi connectivity index (χ3v) is 2.80. The first-order chi connectivity index (χ1) is 9.06. The summed E-state index contributed by atoms with van der Waals surface area (Å²) in [6.45, 7) is 0. The van der Waals surface area contributed by atoms with Crippen LogP contribution in [0.1, 0.15) is 17.0 Å². The van der Waals surface area contributed by atoms with Crippen LogP contribution in [0, 0.1) is 0 Å². The predicted molar refractivity (Wildman–Crippen MR) is 69.9 cm³/mol. The Balaban J connectivity index is 2.38. The highest BCUT2D eigenvalue weighted by Gasteiger charge is 2.23. The maximum absolute atomic E-state index is 12.4. The zero-order valence-corrected chi connectivity index (χ0v) is 10.1. The number of hydrogen-bond donors (Lipinski definition) is 0. The second kappa shape index (κ2) is 5.74. The fourth-order valence-corrected chi connectivity index (χ4v) is 1.94. The van der Waals surface area contributed by atoms with Gasteiger partial charge < -0.3 is 0 Å². The van der Waals surface area contributed by atoms with Crippen molar-refractivity contribution in [2.45, 2.75) is 12.1 Å². The molecule has 0 fully saturated rings. The molecule has 0 bridgehead atoms. The highest BCUT2D eigenvalue weighted by Crippen LogP contribution is 2.28. The Morgan fingerprint density at radius 3 is 1.53 bits per heavy atom. The maximum atomic E-state index is 12.4. The van der Waals surface area contributed by atoms with Crippen molar-refractivity contribution in [3.63, 3.8) is 0 Å². The van der Waals surface area contributed by atoms with Crippen molar-refractivity contribution in [1.82, 2.24) is 0 Å². The number of halogens is 3. The molecule has 0 radical (unpaired) electrons. The normalized spacial score (nSPS) is 12.2. The molecule has 2 aromatic carbocycles. The second-order valence-corrected chi connectivity index (χ2v) is 4.20. The highest BCUT2D eigenvalue weighted by atomic mass is 19.4. The van der Waals surface area contributed by atoms with Gasteiger partial charge in [-0.2, -0.15) is 13.2 Å². The minimum absolute atomic E-state index is 0.303. The molecule has 0 saturated heterocycles. The highest BCUT2D eigenvalue weighted by molar-refractivity contribution is 5.36. The van der Waals surface area contributed by atoms with E-state index < -0.39 is 6.18 Å². The minimum atomic E-state index is -4.29. The zero-order chi connectivity index (χ0) is 13.7. The van der Waals surface area contributed by atoms with Crippen LogP contribution in [-0.2, 0) is 0 Å². The molecular formula is C16H13F3. The Kier molecular flexibility index (Phi) is 4.05. The molecule has 0 unspecified atom stereocenters. The summed E-state index contributed by atoms with van der Waals surface area (Å²) < 4.78 is 37.1. The standard InChI is InChI=1S/C16H13F3/c17-16(18,19)12-11-15(13-7-3-1-4-8-13)14-9-5-2-6-10-14/h1-12,15H/b12-11+. The smallest absolute Gasteiger partial charge is 0.167 e. The molecule has 19 heavy (non-hydrogen) atoms. The van der Waals surface area contributed by atoms with Gasteiger partial charge in [0.15, 0.2) is 0 Å². The van der Waals surface area contributed by atoms with Gasteiger partial charge in [0.05, 0.1) is 0 Å². The van der Waals surface area contributed by atoms with Gasteiger partial charge in [-0.25, -0.2) is 0 Å². The van der Waals surface area contributed by atoms with E-state index in [1.807, 2.05) is 60.7 Å². The van der Waals surface area contributed by atoms with E-state index in [9.17, 15) is 13.2 Å². The van der Waals surface area contributed by atoms with Crippen molar-refractivity contribution >= 4 is 0 Å². The molecule has 0 heterocycles. The lowest BCUT2D eigenvalue weighted by Gasteiger charge is -2.14. The van der Waals surface area contributed by atoms with Gasteiger partial charge in [0, 0.05) is 12.0 Å². The first-order valence-electron chi connectivity index (χ1n) is 5.92. The minimum Gasteiger partial charge on any atom is -0.167 e. The van der Waals surface area contributed by atoms with E-state index in [1.165, 1.54) is 6.08 Å². The topological polar surface area (TPSA) is 0 Å². The van der Waals surface area contributed by atoms with Gasteiger partial charge in [-0.15, -0.1) is 0 Å². The third-order valence-electron chi connectivity index (χ3n) is 2.80. The van der Waals surface area contributed by atoms with E-state index in [0.29, 0.717) is 6.08 Å². The summed E-state index contributed by atoms with van der Waals surface area (Å²) in [5.74, 6) is -0.385. The Hall–Kier alpha value is -2.03. The van der Waals surface area contributed by atoms with Gasteiger partial charge in [0.1, 0.15) is 0 Å². The quantitative estimate of drug-likeness (QED) is 0.687. The maximum Gasteiger partial charge on any atom is 0.409 e. The van der Waals surface area contributed by atoms with E-state index in [-0.39, 0.29) is 5.92 Å². The van der Waals surface area contributed by atoms with Crippen molar-refractivity contribution in [2.75, 3.05) is 0 Å². The molecule has 2 rings (SSSR count). The van der Waals surface area contributed by atoms with Crippen LogP contribution in [0.25, 0.3) is 0 Å². The number of rotatable bonds is 3. The average Bonchev–Trinajstić information content (AvgIpc) is 2.40. The van der Waals surface area contributed by atoms with Gasteiger partial charge in [-0.3, -0.25) is 0 Å². The molecule has 0 N–H and O–H groups in total. The van der Waals surface area contributed by atoms with Crippen LogP contribution in [0.5, 0.6) is 0 Å². The molecule has 0 spiro atoms. The van der Waals surface area contributed by atoms with Gasteiger partial charge in [-0.1, -0.05) is 66.7 Å². The number of hydrogen-bond acceptors (Lipinski definition) is 0. The summed E-state index contributed by atoms with van der Waals surface area (Å²) >= 11 is 0. The lowest BCUT2D eigenvalue weighted by Crippen LogP contribution is -2.04. The molecule has 3 heteroatoms. The number of alkyl halides is 3. The van der Waals surface area contributed by atoms with Gasteiger partial charge in [-0.05, 0) is 11.1 Å². The lowest BCUT2D eigenvalue weighted by molar-refractivity contribution is -0.0800. The van der Waals surface area contributed by atoms with Crippen LogP contribution in [0.4, 0.5) is 13.2 Å². The van der Waals surface area contributed by atoms with E-state index in [4.69, 9.17) is 0 Å². The van der Waals surface area contributed by atoms with E-state index >= 15 is 0 Å². The summed E-state index contributed by atoms with van der Waals surface area (Å²) in [5.41, 5.74) is 1.68. The molecule has 0 nitrogen and oxygen atoms in total. The molecule has 0 amide bonds. The zero-order valence-electron chi connectivity index (χ0n) is 10.1. The fraction of sp³-hybridized carbons (Fsp3) is 0.125. The first-order valence-corrected chi connectivity index (χ1v) is 5.92. The third kappa shape index (κ3) is 3.98. The Morgan fingerprint density at radius 2 is 1.16 bits per heavy atom. The van der Waals surface area contributed by atoms with E-state index in [0.717, 1.165) is 11.1 Å². The molecule has 0 aliphatic carbocycles. The molecule has 2 aromatic rings. The van der Waals surface area contributed by atoms with Gasteiger partial charge in [0.2, 0.25) is 0 Å². The van der Waals surface area contributed by atoms with Crippen molar-refractivity contribution in [3.05, 3.63) is 83.9 Å². The van der Waals surface area contributed by atoms with Crippen LogP contribution < -0.4 is 0 Å². The van der Waals surface area contributed by atoms with Gasteiger partial charge >= 0.3 is 6.18 Å². The largest absolute Gasteiger partial charge is 0.409 e. The Morgan fingerprint density at radius 1 is 0.737 bits per heavy atom. The molecule has 0 saturated carbocycles. The number of benzene rings is 2. The van der Waals surface area contributed by atoms with Crippen LogP contribution in [-0.4, -0.2) is 6.18 Å². The molecule has 0 aliphatic heterocycles. The predicted octanol–water partition coefficient (Wildman–Crippen LogP) is 4.94. The second-order valence-electron chi connectivity index (χ2n) is 4.20. The van der Waals surface area contributed by atoms with Crippen LogP contribution in [0.15, 0.2) is 72.8 Å². The summed E-state index contributed by atoms with van der Waals surface area (Å²) in [5, 5.41) is 0. The molecule has 0 aromatic heterocycles. The molecule has 98 valence electrons. The first kappa shape index (κ1) is 13.4. The van der Waals surface area contributed by atoms with Gasteiger partial charge in [0.25, 0.3) is 0 Å². The van der Waals surface area contributed by atoms with Crippen molar-refractivity contribution in [3.8, 4) is 0 Å². The van der Waals surface area contributed by atoms with Crippen LogP contribution in [0.2, 0.25) is 0 Å².